The molecule has 0 unspecified atom stereocenters. The summed E-state index contributed by atoms with van der Waals surface area (Å²) in [6.45, 7) is 3.82. The van der Waals surface area contributed by atoms with Crippen LogP contribution < -0.4 is 9.47 Å². The molecule has 1 aliphatic heterocycles. The molecule has 0 saturated heterocycles. The van der Waals surface area contributed by atoms with E-state index in [0.29, 0.717) is 0 Å². The molecule has 98 valence electrons. The Morgan fingerprint density at radius 2 is 1.74 bits per heavy atom. The van der Waals surface area contributed by atoms with Crippen LogP contribution in [0.4, 0.5) is 0 Å². The molecule has 3 rings (SSSR count). The number of ether oxygens (including phenoxy) is 2. The second-order valence-electron chi connectivity index (χ2n) is 5.20. The molecule has 0 fully saturated rings. The molecule has 0 aromatic heterocycles. The maximum Gasteiger partial charge on any atom is 0.230 e. The molecule has 2 aromatic rings. The van der Waals surface area contributed by atoms with Crippen molar-refractivity contribution in [3.63, 3.8) is 0 Å². The van der Waals surface area contributed by atoms with Crippen molar-refractivity contribution in [1.29, 1.82) is 0 Å². The number of hydrogen-bond donors (Lipinski definition) is 1. The molecule has 0 atom stereocenters. The summed E-state index contributed by atoms with van der Waals surface area (Å²) in [6, 6.07) is 13.7. The van der Waals surface area contributed by atoms with Crippen LogP contribution in [0.15, 0.2) is 42.5 Å². The lowest BCUT2D eigenvalue weighted by Gasteiger charge is -2.20. The van der Waals surface area contributed by atoms with Gasteiger partial charge >= 0.3 is 0 Å². The van der Waals surface area contributed by atoms with Crippen LogP contribution in [-0.4, -0.2) is 11.9 Å². The molecule has 0 spiro atoms. The smallest absolute Gasteiger partial charge is 0.230 e. The highest BCUT2D eigenvalue weighted by Gasteiger charge is 2.17. The highest BCUT2D eigenvalue weighted by molar-refractivity contribution is 5.72. The second kappa shape index (κ2) is 4.28. The minimum Gasteiger partial charge on any atom is -0.457 e. The fraction of sp³-hybridized carbons (Fsp3) is 0.250. The standard InChI is InChI=1S/C16H16O3/c1-16(2,17)12-5-3-11(4-6-12)14-8-7-13-9-15(14)19-10-18-13/h3-9,17H,10H2,1-2H3. The van der Waals surface area contributed by atoms with Gasteiger partial charge in [-0.3, -0.25) is 0 Å². The molecule has 1 aliphatic rings. The van der Waals surface area contributed by atoms with E-state index in [9.17, 15) is 5.11 Å². The Hall–Kier alpha value is -2.00. The van der Waals surface area contributed by atoms with Crippen molar-refractivity contribution in [3.8, 4) is 22.6 Å². The summed E-state index contributed by atoms with van der Waals surface area (Å²) in [5.74, 6) is 1.66. The van der Waals surface area contributed by atoms with Crippen LogP contribution in [0.25, 0.3) is 11.1 Å². The molecule has 0 aliphatic carbocycles. The molecule has 0 amide bonds. The zero-order valence-electron chi connectivity index (χ0n) is 11.0. The zero-order valence-corrected chi connectivity index (χ0v) is 11.0. The van der Waals surface area contributed by atoms with Crippen LogP contribution in [0.5, 0.6) is 11.5 Å². The van der Waals surface area contributed by atoms with E-state index in [1.807, 2.05) is 42.5 Å². The first kappa shape index (κ1) is 12.1. The lowest BCUT2D eigenvalue weighted by atomic mass is 9.95. The van der Waals surface area contributed by atoms with Crippen molar-refractivity contribution < 1.29 is 14.6 Å². The van der Waals surface area contributed by atoms with Crippen molar-refractivity contribution in [2.45, 2.75) is 19.4 Å². The highest BCUT2D eigenvalue weighted by Crippen LogP contribution is 2.36. The Kier molecular flexibility index (Phi) is 2.72. The third-order valence-corrected chi connectivity index (χ3v) is 3.30. The average molecular weight is 256 g/mol. The Labute approximate surface area is 112 Å². The van der Waals surface area contributed by atoms with Gasteiger partial charge < -0.3 is 14.6 Å². The average Bonchev–Trinajstić information content (AvgIpc) is 2.38. The molecular weight excluding hydrogens is 240 g/mol. The topological polar surface area (TPSA) is 38.7 Å². The van der Waals surface area contributed by atoms with E-state index < -0.39 is 5.60 Å². The van der Waals surface area contributed by atoms with Crippen molar-refractivity contribution in [2.24, 2.45) is 0 Å². The van der Waals surface area contributed by atoms with Gasteiger partial charge in [-0.15, -0.1) is 0 Å². The predicted molar refractivity (Wildman–Crippen MR) is 73.2 cm³/mol. The maximum atomic E-state index is 9.96. The van der Waals surface area contributed by atoms with Gasteiger partial charge in [-0.25, -0.2) is 0 Å². The predicted octanol–water partition coefficient (Wildman–Crippen LogP) is 3.31. The van der Waals surface area contributed by atoms with Gasteiger partial charge in [-0.05, 0) is 37.1 Å². The third kappa shape index (κ3) is 2.29. The largest absolute Gasteiger partial charge is 0.457 e. The van der Waals surface area contributed by atoms with Crippen LogP contribution in [0.1, 0.15) is 19.4 Å². The Balaban J connectivity index is 1.99. The summed E-state index contributed by atoms with van der Waals surface area (Å²) >= 11 is 0. The van der Waals surface area contributed by atoms with E-state index in [0.717, 1.165) is 28.2 Å². The van der Waals surface area contributed by atoms with Crippen LogP contribution in [-0.2, 0) is 5.60 Å². The number of rotatable bonds is 2. The Bertz CT molecular complexity index is 594. The first-order valence-electron chi connectivity index (χ1n) is 6.27. The summed E-state index contributed by atoms with van der Waals surface area (Å²) < 4.78 is 10.8. The molecule has 2 bridgehead atoms. The molecule has 1 N–H and O–H groups in total. The van der Waals surface area contributed by atoms with Crippen molar-refractivity contribution in [1.82, 2.24) is 0 Å². The van der Waals surface area contributed by atoms with Crippen molar-refractivity contribution in [3.05, 3.63) is 48.0 Å². The number of aliphatic hydroxyl groups is 1. The van der Waals surface area contributed by atoms with Gasteiger partial charge in [-0.1, -0.05) is 24.3 Å². The first-order valence-corrected chi connectivity index (χ1v) is 6.27. The summed E-state index contributed by atoms with van der Waals surface area (Å²) in [6.07, 6.45) is 0. The van der Waals surface area contributed by atoms with Gasteiger partial charge in [0.1, 0.15) is 11.5 Å². The minimum absolute atomic E-state index is 0.261. The van der Waals surface area contributed by atoms with E-state index >= 15 is 0 Å². The SMILES string of the molecule is CC(C)(O)c1ccc(-c2ccc3cc2OCO3)cc1. The summed E-state index contributed by atoms with van der Waals surface area (Å²) in [5, 5.41) is 9.96. The number of fused-ring (bicyclic) bond motifs is 2. The lowest BCUT2D eigenvalue weighted by Crippen LogP contribution is -2.15. The first-order chi connectivity index (χ1) is 9.04. The third-order valence-electron chi connectivity index (χ3n) is 3.30. The van der Waals surface area contributed by atoms with Crippen LogP contribution >= 0.6 is 0 Å². The van der Waals surface area contributed by atoms with Gasteiger partial charge in [0.2, 0.25) is 6.79 Å². The second-order valence-corrected chi connectivity index (χ2v) is 5.20. The van der Waals surface area contributed by atoms with E-state index in [1.165, 1.54) is 0 Å². The molecule has 1 heterocycles. The molecule has 0 radical (unpaired) electrons. The Morgan fingerprint density at radius 1 is 1.00 bits per heavy atom. The van der Waals surface area contributed by atoms with E-state index in [2.05, 4.69) is 0 Å². The number of benzene rings is 2. The van der Waals surface area contributed by atoms with Gasteiger partial charge in [0.05, 0.1) is 5.60 Å². The van der Waals surface area contributed by atoms with Gasteiger partial charge in [0.15, 0.2) is 0 Å². The quantitative estimate of drug-likeness (QED) is 0.896. The summed E-state index contributed by atoms with van der Waals surface area (Å²) in [4.78, 5) is 0. The maximum absolute atomic E-state index is 9.96. The monoisotopic (exact) mass is 256 g/mol. The van der Waals surface area contributed by atoms with Gasteiger partial charge in [0.25, 0.3) is 0 Å². The van der Waals surface area contributed by atoms with Gasteiger partial charge in [-0.2, -0.15) is 0 Å². The van der Waals surface area contributed by atoms with Gasteiger partial charge in [0, 0.05) is 11.6 Å². The molecule has 2 aromatic carbocycles. The van der Waals surface area contributed by atoms with E-state index in [4.69, 9.17) is 9.47 Å². The minimum atomic E-state index is -0.818. The fourth-order valence-electron chi connectivity index (χ4n) is 2.17. The van der Waals surface area contributed by atoms with Crippen molar-refractivity contribution >= 4 is 0 Å². The molecule has 0 saturated carbocycles. The molecule has 3 heteroatoms. The molecule has 19 heavy (non-hydrogen) atoms. The lowest BCUT2D eigenvalue weighted by molar-refractivity contribution is 0.0786. The van der Waals surface area contributed by atoms with Crippen LogP contribution in [0, 0.1) is 0 Å². The van der Waals surface area contributed by atoms with E-state index in [1.54, 1.807) is 13.8 Å². The Morgan fingerprint density at radius 3 is 2.42 bits per heavy atom. The molecule has 3 nitrogen and oxygen atoms in total. The normalized spacial score (nSPS) is 13.6. The summed E-state index contributed by atoms with van der Waals surface area (Å²) in [5.41, 5.74) is 2.18. The van der Waals surface area contributed by atoms with Crippen LogP contribution in [0.3, 0.4) is 0 Å². The van der Waals surface area contributed by atoms with Crippen LogP contribution in [0.2, 0.25) is 0 Å². The van der Waals surface area contributed by atoms with Crippen molar-refractivity contribution in [2.75, 3.05) is 6.79 Å². The van der Waals surface area contributed by atoms with E-state index in [-0.39, 0.29) is 6.79 Å². The molecular formula is C16H16O3. The fourth-order valence-corrected chi connectivity index (χ4v) is 2.17. The number of hydrogen-bond acceptors (Lipinski definition) is 3. The highest BCUT2D eigenvalue weighted by atomic mass is 16.7. The summed E-state index contributed by atoms with van der Waals surface area (Å²) in [7, 11) is 0. The zero-order chi connectivity index (χ0) is 13.5.